The molecule has 3 rings (SSSR count). The van der Waals surface area contributed by atoms with E-state index in [1.165, 1.54) is 22.9 Å². The zero-order valence-electron chi connectivity index (χ0n) is 15.7. The molecule has 2 fully saturated rings. The lowest BCUT2D eigenvalue weighted by Gasteiger charge is -2.35. The standard InChI is InChI=1S/C19H28ClN3O3S/c1-2-22(16-7-4-3-5-8-16)19(24)21-18-9-6-14-23(18)27(25,26)17-12-10-15(20)11-13-17/h10-13,16,18H,2-9,14H2,1H3,(H,21,24)/t18-/m0/s1. The van der Waals surface area contributed by atoms with Gasteiger partial charge in [0.1, 0.15) is 0 Å². The molecule has 1 heterocycles. The molecule has 1 aromatic rings. The third kappa shape index (κ3) is 4.58. The van der Waals surface area contributed by atoms with Crippen molar-refractivity contribution in [1.82, 2.24) is 14.5 Å². The molecule has 2 aliphatic rings. The van der Waals surface area contributed by atoms with Gasteiger partial charge in [-0.05, 0) is 56.9 Å². The van der Waals surface area contributed by atoms with Gasteiger partial charge < -0.3 is 10.2 Å². The van der Waals surface area contributed by atoms with Crippen molar-refractivity contribution < 1.29 is 13.2 Å². The largest absolute Gasteiger partial charge is 0.322 e. The first-order chi connectivity index (χ1) is 12.9. The fourth-order valence-electron chi connectivity index (χ4n) is 4.10. The monoisotopic (exact) mass is 413 g/mol. The van der Waals surface area contributed by atoms with E-state index in [0.717, 1.165) is 32.1 Å². The van der Waals surface area contributed by atoms with Crippen LogP contribution in [0.3, 0.4) is 0 Å². The number of carbonyl (C=O) groups is 1. The van der Waals surface area contributed by atoms with Gasteiger partial charge in [0.25, 0.3) is 0 Å². The highest BCUT2D eigenvalue weighted by molar-refractivity contribution is 7.89. The number of nitrogens with zero attached hydrogens (tertiary/aromatic N) is 2. The Hall–Kier alpha value is -1.31. The number of halogens is 1. The van der Waals surface area contributed by atoms with E-state index < -0.39 is 16.2 Å². The van der Waals surface area contributed by atoms with Crippen molar-refractivity contribution in [3.05, 3.63) is 29.3 Å². The van der Waals surface area contributed by atoms with Gasteiger partial charge in [-0.15, -0.1) is 0 Å². The predicted octanol–water partition coefficient (Wildman–Crippen LogP) is 3.81. The molecular weight excluding hydrogens is 386 g/mol. The third-order valence-corrected chi connectivity index (χ3v) is 7.71. The summed E-state index contributed by atoms with van der Waals surface area (Å²) in [6.07, 6.45) is 6.43. The van der Waals surface area contributed by atoms with E-state index in [0.29, 0.717) is 24.5 Å². The van der Waals surface area contributed by atoms with Crippen molar-refractivity contribution in [2.45, 2.75) is 69.0 Å². The highest BCUT2D eigenvalue weighted by Gasteiger charge is 2.37. The Labute approximate surface area is 166 Å². The molecule has 1 N–H and O–H groups in total. The van der Waals surface area contributed by atoms with Gasteiger partial charge in [0.15, 0.2) is 0 Å². The summed E-state index contributed by atoms with van der Waals surface area (Å²) >= 11 is 5.87. The van der Waals surface area contributed by atoms with Gasteiger partial charge in [-0.1, -0.05) is 30.9 Å². The zero-order valence-corrected chi connectivity index (χ0v) is 17.3. The fourth-order valence-corrected chi connectivity index (χ4v) is 5.84. The molecule has 1 saturated heterocycles. The van der Waals surface area contributed by atoms with Gasteiger partial charge >= 0.3 is 6.03 Å². The van der Waals surface area contributed by atoms with E-state index >= 15 is 0 Å². The molecule has 0 bridgehead atoms. The number of amides is 2. The van der Waals surface area contributed by atoms with E-state index in [1.54, 1.807) is 12.1 Å². The van der Waals surface area contributed by atoms with Crippen LogP contribution in [0.4, 0.5) is 4.79 Å². The maximum atomic E-state index is 13.0. The van der Waals surface area contributed by atoms with Crippen LogP contribution < -0.4 is 5.32 Å². The molecule has 2 amide bonds. The van der Waals surface area contributed by atoms with Gasteiger partial charge in [0.05, 0.1) is 11.1 Å². The number of sulfonamides is 1. The second kappa shape index (κ2) is 8.80. The molecule has 1 aliphatic carbocycles. The first-order valence-electron chi connectivity index (χ1n) is 9.78. The average Bonchev–Trinajstić information content (AvgIpc) is 3.12. The molecule has 1 aromatic carbocycles. The summed E-state index contributed by atoms with van der Waals surface area (Å²) in [5.74, 6) is 0. The molecule has 0 radical (unpaired) electrons. The molecule has 1 aliphatic heterocycles. The van der Waals surface area contributed by atoms with Crippen LogP contribution in [0.25, 0.3) is 0 Å². The SMILES string of the molecule is CCN(C(=O)N[C@@H]1CCCN1S(=O)(=O)c1ccc(Cl)cc1)C1CCCCC1. The van der Waals surface area contributed by atoms with Crippen molar-refractivity contribution in [3.8, 4) is 0 Å². The van der Waals surface area contributed by atoms with Crippen LogP contribution in [0.2, 0.25) is 5.02 Å². The topological polar surface area (TPSA) is 69.7 Å². The Morgan fingerprint density at radius 1 is 1.15 bits per heavy atom. The van der Waals surface area contributed by atoms with Crippen molar-refractivity contribution >= 4 is 27.7 Å². The summed E-state index contributed by atoms with van der Waals surface area (Å²) in [6.45, 7) is 3.02. The molecule has 0 spiro atoms. The van der Waals surface area contributed by atoms with Crippen molar-refractivity contribution in [2.24, 2.45) is 0 Å². The number of nitrogens with one attached hydrogen (secondary N) is 1. The van der Waals surface area contributed by atoms with Crippen LogP contribution in [0.5, 0.6) is 0 Å². The Morgan fingerprint density at radius 3 is 2.44 bits per heavy atom. The molecule has 150 valence electrons. The maximum Gasteiger partial charge on any atom is 0.318 e. The Bertz CT molecular complexity index is 748. The van der Waals surface area contributed by atoms with Gasteiger partial charge in [0, 0.05) is 24.2 Å². The molecule has 6 nitrogen and oxygen atoms in total. The summed E-state index contributed by atoms with van der Waals surface area (Å²) in [4.78, 5) is 14.9. The highest BCUT2D eigenvalue weighted by Crippen LogP contribution is 2.27. The maximum absolute atomic E-state index is 13.0. The number of hydrogen-bond acceptors (Lipinski definition) is 3. The van der Waals surface area contributed by atoms with E-state index in [2.05, 4.69) is 5.32 Å². The van der Waals surface area contributed by atoms with Crippen LogP contribution in [0.1, 0.15) is 51.9 Å². The van der Waals surface area contributed by atoms with Gasteiger partial charge in [0.2, 0.25) is 10.0 Å². The van der Waals surface area contributed by atoms with E-state index in [4.69, 9.17) is 11.6 Å². The summed E-state index contributed by atoms with van der Waals surface area (Å²) in [6, 6.07) is 6.25. The highest BCUT2D eigenvalue weighted by atomic mass is 35.5. The number of benzene rings is 1. The lowest BCUT2D eigenvalue weighted by molar-refractivity contribution is 0.151. The molecular formula is C19H28ClN3O3S. The van der Waals surface area contributed by atoms with E-state index in [1.807, 2.05) is 11.8 Å². The first-order valence-corrected chi connectivity index (χ1v) is 11.6. The Morgan fingerprint density at radius 2 is 1.81 bits per heavy atom. The quantitative estimate of drug-likeness (QED) is 0.797. The van der Waals surface area contributed by atoms with Crippen molar-refractivity contribution in [1.29, 1.82) is 0 Å². The van der Waals surface area contributed by atoms with Crippen LogP contribution in [0.15, 0.2) is 29.2 Å². The number of rotatable bonds is 5. The van der Waals surface area contributed by atoms with Gasteiger partial charge in [-0.25, -0.2) is 13.2 Å². The molecule has 1 atom stereocenters. The second-order valence-electron chi connectivity index (χ2n) is 7.26. The molecule has 0 unspecified atom stereocenters. The Kier molecular flexibility index (Phi) is 6.65. The minimum atomic E-state index is -3.67. The van der Waals surface area contributed by atoms with Crippen molar-refractivity contribution in [3.63, 3.8) is 0 Å². The lowest BCUT2D eigenvalue weighted by Crippen LogP contribution is -2.53. The minimum Gasteiger partial charge on any atom is -0.322 e. The number of hydrogen-bond donors (Lipinski definition) is 1. The van der Waals surface area contributed by atoms with E-state index in [9.17, 15) is 13.2 Å². The summed E-state index contributed by atoms with van der Waals surface area (Å²) < 4.78 is 27.4. The van der Waals surface area contributed by atoms with Crippen LogP contribution >= 0.6 is 11.6 Å². The van der Waals surface area contributed by atoms with Gasteiger partial charge in [-0.3, -0.25) is 0 Å². The van der Waals surface area contributed by atoms with Crippen LogP contribution in [0, 0.1) is 0 Å². The first kappa shape index (κ1) is 20.4. The summed E-state index contributed by atoms with van der Waals surface area (Å²) in [5, 5.41) is 3.46. The van der Waals surface area contributed by atoms with E-state index in [-0.39, 0.29) is 17.0 Å². The molecule has 0 aromatic heterocycles. The average molecular weight is 414 g/mol. The fraction of sp³-hybridized carbons (Fsp3) is 0.632. The number of carbonyl (C=O) groups excluding carboxylic acids is 1. The minimum absolute atomic E-state index is 0.160. The summed E-state index contributed by atoms with van der Waals surface area (Å²) in [5.41, 5.74) is 0. The number of urea groups is 1. The predicted molar refractivity (Wildman–Crippen MR) is 106 cm³/mol. The molecule has 27 heavy (non-hydrogen) atoms. The summed E-state index contributed by atoms with van der Waals surface area (Å²) in [7, 11) is -3.67. The van der Waals surface area contributed by atoms with Crippen molar-refractivity contribution in [2.75, 3.05) is 13.1 Å². The molecule has 1 saturated carbocycles. The van der Waals surface area contributed by atoms with Crippen LogP contribution in [-0.4, -0.2) is 49.0 Å². The Balaban J connectivity index is 1.71. The van der Waals surface area contributed by atoms with Gasteiger partial charge in [-0.2, -0.15) is 4.31 Å². The second-order valence-corrected chi connectivity index (χ2v) is 9.58. The zero-order chi connectivity index (χ0) is 19.4. The smallest absolute Gasteiger partial charge is 0.318 e. The molecule has 8 heteroatoms. The normalized spacial score (nSPS) is 21.9. The lowest BCUT2D eigenvalue weighted by atomic mass is 9.94. The third-order valence-electron chi connectivity index (χ3n) is 5.53. The van der Waals surface area contributed by atoms with Crippen LogP contribution in [-0.2, 0) is 10.0 Å².